The van der Waals surface area contributed by atoms with E-state index < -0.39 is 0 Å². The molecule has 1 saturated heterocycles. The summed E-state index contributed by atoms with van der Waals surface area (Å²) in [6.07, 6.45) is 4.65. The fourth-order valence-electron chi connectivity index (χ4n) is 2.66. The molecule has 0 radical (unpaired) electrons. The lowest BCUT2D eigenvalue weighted by Crippen LogP contribution is -2.43. The van der Waals surface area contributed by atoms with E-state index in [1.165, 1.54) is 25.9 Å². The summed E-state index contributed by atoms with van der Waals surface area (Å²) in [6.45, 7) is 14.4. The summed E-state index contributed by atoms with van der Waals surface area (Å²) in [5.41, 5.74) is 0.418. The van der Waals surface area contributed by atoms with E-state index in [-0.39, 0.29) is 0 Å². The molecule has 0 spiro atoms. The fraction of sp³-hybridized carbons (Fsp3) is 0.933. The number of hydrogen-bond acceptors (Lipinski definition) is 2. The Balaban J connectivity index is 2.40. The van der Waals surface area contributed by atoms with Crippen LogP contribution in [0.2, 0.25) is 0 Å². The first-order valence-electron chi connectivity index (χ1n) is 7.33. The van der Waals surface area contributed by atoms with Crippen LogP contribution >= 0.6 is 0 Å². The van der Waals surface area contributed by atoms with Crippen LogP contribution < -0.4 is 0 Å². The van der Waals surface area contributed by atoms with E-state index in [1.54, 1.807) is 0 Å². The zero-order chi connectivity index (χ0) is 13.8. The monoisotopic (exact) mass is 254 g/mol. The molecule has 3 nitrogen and oxygen atoms in total. The van der Waals surface area contributed by atoms with E-state index in [4.69, 9.17) is 0 Å². The number of hydrogen-bond donors (Lipinski definition) is 0. The average molecular weight is 254 g/mol. The minimum absolute atomic E-state index is 0.321. The van der Waals surface area contributed by atoms with Crippen molar-refractivity contribution >= 4 is 6.41 Å². The summed E-state index contributed by atoms with van der Waals surface area (Å²) in [7, 11) is 0. The molecule has 0 bridgehead atoms. The van der Waals surface area contributed by atoms with Gasteiger partial charge in [0, 0.05) is 18.6 Å². The van der Waals surface area contributed by atoms with Crippen LogP contribution in [0, 0.1) is 5.41 Å². The molecular weight excluding hydrogens is 224 g/mol. The highest BCUT2D eigenvalue weighted by Crippen LogP contribution is 2.35. The Bertz CT molecular complexity index is 255. The lowest BCUT2D eigenvalue weighted by molar-refractivity contribution is -0.120. The Morgan fingerprint density at radius 3 is 2.17 bits per heavy atom. The highest BCUT2D eigenvalue weighted by molar-refractivity contribution is 5.47. The maximum atomic E-state index is 11.0. The van der Waals surface area contributed by atoms with Crippen molar-refractivity contribution in [2.24, 2.45) is 5.41 Å². The average Bonchev–Trinajstić information content (AvgIpc) is 2.29. The Morgan fingerprint density at radius 2 is 1.78 bits per heavy atom. The Morgan fingerprint density at radius 1 is 1.22 bits per heavy atom. The van der Waals surface area contributed by atoms with Gasteiger partial charge < -0.3 is 9.80 Å². The van der Waals surface area contributed by atoms with Crippen LogP contribution in [0.5, 0.6) is 0 Å². The summed E-state index contributed by atoms with van der Waals surface area (Å²) in [5.74, 6) is 0. The van der Waals surface area contributed by atoms with Crippen molar-refractivity contribution in [3.05, 3.63) is 0 Å². The normalized spacial score (nSPS) is 20.4. The van der Waals surface area contributed by atoms with Crippen LogP contribution in [0.3, 0.4) is 0 Å². The molecule has 0 unspecified atom stereocenters. The second-order valence-corrected chi connectivity index (χ2v) is 6.63. The van der Waals surface area contributed by atoms with Crippen LogP contribution in [0.4, 0.5) is 0 Å². The smallest absolute Gasteiger partial charge is 0.209 e. The molecule has 0 aromatic carbocycles. The van der Waals surface area contributed by atoms with Gasteiger partial charge in [-0.1, -0.05) is 6.92 Å². The van der Waals surface area contributed by atoms with Crippen LogP contribution in [-0.2, 0) is 4.79 Å². The molecule has 0 aromatic rings. The third-order valence-corrected chi connectivity index (χ3v) is 4.51. The first-order chi connectivity index (χ1) is 8.38. The SMILES string of the molecule is CC(C)N(C=O)CCC1(C)CCN(C(C)C)CC1. The van der Waals surface area contributed by atoms with Crippen LogP contribution in [0.1, 0.15) is 53.9 Å². The lowest BCUT2D eigenvalue weighted by atomic mass is 9.77. The van der Waals surface area contributed by atoms with E-state index >= 15 is 0 Å². The van der Waals surface area contributed by atoms with Gasteiger partial charge in [0.2, 0.25) is 6.41 Å². The van der Waals surface area contributed by atoms with Crippen LogP contribution in [-0.4, -0.2) is 47.9 Å². The van der Waals surface area contributed by atoms with Gasteiger partial charge in [0.1, 0.15) is 0 Å². The molecule has 1 fully saturated rings. The predicted molar refractivity (Wildman–Crippen MR) is 76.6 cm³/mol. The van der Waals surface area contributed by atoms with Crippen molar-refractivity contribution in [2.45, 2.75) is 66.0 Å². The van der Waals surface area contributed by atoms with Crippen LogP contribution in [0.15, 0.2) is 0 Å². The number of amides is 1. The fourth-order valence-corrected chi connectivity index (χ4v) is 2.66. The van der Waals surface area contributed by atoms with Gasteiger partial charge in [0.05, 0.1) is 0 Å². The van der Waals surface area contributed by atoms with Gasteiger partial charge in [-0.3, -0.25) is 4.79 Å². The molecule has 106 valence electrons. The Hall–Kier alpha value is -0.570. The topological polar surface area (TPSA) is 23.6 Å². The molecule has 1 aliphatic rings. The predicted octanol–water partition coefficient (Wildman–Crippen LogP) is 2.75. The molecule has 1 amide bonds. The van der Waals surface area contributed by atoms with E-state index in [9.17, 15) is 4.79 Å². The number of rotatable bonds is 6. The lowest BCUT2D eigenvalue weighted by Gasteiger charge is -2.42. The highest BCUT2D eigenvalue weighted by atomic mass is 16.1. The molecule has 0 aliphatic carbocycles. The maximum absolute atomic E-state index is 11.0. The largest absolute Gasteiger partial charge is 0.343 e. The number of carbonyl (C=O) groups excluding carboxylic acids is 1. The summed E-state index contributed by atoms with van der Waals surface area (Å²) >= 11 is 0. The molecule has 0 atom stereocenters. The standard InChI is InChI=1S/C15H30N2O/c1-13(2)16-9-6-15(5,7-10-16)8-11-17(12-18)14(3)4/h12-14H,6-11H2,1-5H3. The second kappa shape index (κ2) is 6.55. The molecule has 18 heavy (non-hydrogen) atoms. The number of piperidine rings is 1. The number of nitrogens with zero attached hydrogens (tertiary/aromatic N) is 2. The van der Waals surface area contributed by atoms with Gasteiger partial charge in [-0.25, -0.2) is 0 Å². The summed E-state index contributed by atoms with van der Waals surface area (Å²) in [5, 5.41) is 0. The minimum Gasteiger partial charge on any atom is -0.343 e. The Labute approximate surface area is 113 Å². The van der Waals surface area contributed by atoms with Crippen molar-refractivity contribution in [3.8, 4) is 0 Å². The van der Waals surface area contributed by atoms with Crippen molar-refractivity contribution in [3.63, 3.8) is 0 Å². The van der Waals surface area contributed by atoms with E-state index in [1.807, 2.05) is 4.90 Å². The molecule has 1 rings (SSSR count). The number of carbonyl (C=O) groups is 1. The van der Waals surface area contributed by atoms with Gasteiger partial charge in [0.25, 0.3) is 0 Å². The van der Waals surface area contributed by atoms with E-state index in [0.29, 0.717) is 17.5 Å². The van der Waals surface area contributed by atoms with Crippen molar-refractivity contribution in [2.75, 3.05) is 19.6 Å². The minimum atomic E-state index is 0.321. The highest BCUT2D eigenvalue weighted by Gasteiger charge is 2.31. The van der Waals surface area contributed by atoms with Gasteiger partial charge in [-0.15, -0.1) is 0 Å². The van der Waals surface area contributed by atoms with Gasteiger partial charge >= 0.3 is 0 Å². The van der Waals surface area contributed by atoms with Gasteiger partial charge in [-0.05, 0) is 65.5 Å². The number of likely N-dealkylation sites (tertiary alicyclic amines) is 1. The van der Waals surface area contributed by atoms with Gasteiger partial charge in [0.15, 0.2) is 0 Å². The van der Waals surface area contributed by atoms with Crippen LogP contribution in [0.25, 0.3) is 0 Å². The molecule has 3 heteroatoms. The summed E-state index contributed by atoms with van der Waals surface area (Å²) < 4.78 is 0. The summed E-state index contributed by atoms with van der Waals surface area (Å²) in [4.78, 5) is 15.5. The molecule has 0 saturated carbocycles. The first-order valence-corrected chi connectivity index (χ1v) is 7.33. The maximum Gasteiger partial charge on any atom is 0.209 e. The second-order valence-electron chi connectivity index (χ2n) is 6.63. The van der Waals surface area contributed by atoms with Crippen molar-refractivity contribution < 1.29 is 4.79 Å². The third-order valence-electron chi connectivity index (χ3n) is 4.51. The summed E-state index contributed by atoms with van der Waals surface area (Å²) in [6, 6.07) is 0.985. The molecule has 0 aromatic heterocycles. The molecule has 1 aliphatic heterocycles. The first kappa shape index (κ1) is 15.5. The zero-order valence-corrected chi connectivity index (χ0v) is 12.8. The molecule has 1 heterocycles. The van der Waals surface area contributed by atoms with Crippen molar-refractivity contribution in [1.29, 1.82) is 0 Å². The van der Waals surface area contributed by atoms with Gasteiger partial charge in [-0.2, -0.15) is 0 Å². The zero-order valence-electron chi connectivity index (χ0n) is 12.8. The molecule has 0 N–H and O–H groups in total. The van der Waals surface area contributed by atoms with Crippen molar-refractivity contribution in [1.82, 2.24) is 9.80 Å². The van der Waals surface area contributed by atoms with E-state index in [0.717, 1.165) is 19.4 Å². The third kappa shape index (κ3) is 4.27. The van der Waals surface area contributed by atoms with E-state index in [2.05, 4.69) is 39.5 Å². The quantitative estimate of drug-likeness (QED) is 0.681. The molecular formula is C15H30N2O. The Kier molecular flexibility index (Phi) is 5.64.